The number of amides is 2. The van der Waals surface area contributed by atoms with Gasteiger partial charge < -0.3 is 4.90 Å². The minimum absolute atomic E-state index is 0.0104. The van der Waals surface area contributed by atoms with Gasteiger partial charge in [0.15, 0.2) is 0 Å². The number of carbonyl (C=O) groups is 2. The van der Waals surface area contributed by atoms with Gasteiger partial charge in [-0.3, -0.25) is 14.5 Å². The van der Waals surface area contributed by atoms with E-state index in [1.165, 1.54) is 41.3 Å². The molecule has 3 rings (SSSR count). The molecule has 28 heavy (non-hydrogen) atoms. The van der Waals surface area contributed by atoms with E-state index >= 15 is 0 Å². The number of carbonyl (C=O) groups excluding carboxylic acids is 2. The van der Waals surface area contributed by atoms with Gasteiger partial charge in [0, 0.05) is 24.1 Å². The molecule has 0 radical (unpaired) electrons. The third-order valence-electron chi connectivity index (χ3n) is 4.72. The molecule has 2 aromatic carbocycles. The number of hydrogen-bond donors (Lipinski definition) is 0. The Kier molecular flexibility index (Phi) is 5.39. The lowest BCUT2D eigenvalue weighted by Crippen LogP contribution is -2.58. The summed E-state index contributed by atoms with van der Waals surface area (Å²) in [6.45, 7) is 2.14. The van der Waals surface area contributed by atoms with Crippen molar-refractivity contribution in [3.05, 3.63) is 64.4 Å². The zero-order chi connectivity index (χ0) is 20.6. The van der Waals surface area contributed by atoms with Gasteiger partial charge in [-0.15, -0.1) is 0 Å². The first kappa shape index (κ1) is 20.2. The molecule has 1 heterocycles. The normalized spacial score (nSPS) is 18.0. The third-order valence-corrected chi connectivity index (χ3v) is 4.95. The second-order valence-corrected chi connectivity index (χ2v) is 7.24. The number of alkyl halides is 2. The van der Waals surface area contributed by atoms with Gasteiger partial charge in [-0.2, -0.15) is 0 Å². The van der Waals surface area contributed by atoms with Crippen molar-refractivity contribution in [1.29, 1.82) is 0 Å². The van der Waals surface area contributed by atoms with Gasteiger partial charge in [0.1, 0.15) is 18.4 Å². The highest BCUT2D eigenvalue weighted by atomic mass is 35.5. The molecule has 0 aromatic heterocycles. The van der Waals surface area contributed by atoms with E-state index in [0.717, 1.165) is 17.9 Å². The Morgan fingerprint density at radius 2 is 1.79 bits per heavy atom. The van der Waals surface area contributed by atoms with E-state index in [0.29, 0.717) is 5.56 Å². The van der Waals surface area contributed by atoms with Crippen LogP contribution in [-0.2, 0) is 22.1 Å². The Morgan fingerprint density at radius 1 is 1.14 bits per heavy atom. The lowest BCUT2D eigenvalue weighted by Gasteiger charge is -2.38. The second kappa shape index (κ2) is 7.47. The number of rotatable bonds is 4. The van der Waals surface area contributed by atoms with Gasteiger partial charge in [0.05, 0.1) is 5.69 Å². The van der Waals surface area contributed by atoms with Crippen LogP contribution in [0.4, 0.5) is 18.9 Å². The summed E-state index contributed by atoms with van der Waals surface area (Å²) in [6.07, 6.45) is 0. The molecule has 1 fully saturated rings. The fourth-order valence-electron chi connectivity index (χ4n) is 3.11. The second-order valence-electron chi connectivity index (χ2n) is 6.80. The lowest BCUT2D eigenvalue weighted by molar-refractivity contribution is -0.143. The maximum absolute atomic E-state index is 14.2. The van der Waals surface area contributed by atoms with Crippen LogP contribution in [0, 0.1) is 5.82 Å². The van der Waals surface area contributed by atoms with Crippen molar-refractivity contribution in [2.24, 2.45) is 0 Å². The molecule has 0 N–H and O–H groups in total. The molecule has 8 heteroatoms. The number of benzene rings is 2. The summed E-state index contributed by atoms with van der Waals surface area (Å²) < 4.78 is 40.8. The molecule has 0 aliphatic carbocycles. The highest BCUT2D eigenvalue weighted by Gasteiger charge is 2.38. The molecule has 4 nitrogen and oxygen atoms in total. The molecule has 1 aliphatic rings. The minimum Gasteiger partial charge on any atom is -0.325 e. The first-order chi connectivity index (χ1) is 13.1. The summed E-state index contributed by atoms with van der Waals surface area (Å²) in [4.78, 5) is 27.8. The smallest absolute Gasteiger partial charge is 0.270 e. The van der Waals surface area contributed by atoms with Crippen molar-refractivity contribution >= 4 is 29.1 Å². The van der Waals surface area contributed by atoms with E-state index in [-0.39, 0.29) is 35.3 Å². The van der Waals surface area contributed by atoms with Crippen LogP contribution in [0.15, 0.2) is 42.5 Å². The van der Waals surface area contributed by atoms with Crippen LogP contribution in [0.5, 0.6) is 0 Å². The maximum Gasteiger partial charge on any atom is 0.270 e. The fourth-order valence-corrected chi connectivity index (χ4v) is 3.27. The minimum atomic E-state index is -2.95. The Balaban J connectivity index is 1.79. The van der Waals surface area contributed by atoms with Crippen LogP contribution in [0.3, 0.4) is 0 Å². The molecule has 0 unspecified atom stereocenters. The maximum atomic E-state index is 14.2. The van der Waals surface area contributed by atoms with Crippen LogP contribution in [-0.4, -0.2) is 29.3 Å². The molecule has 1 atom stereocenters. The Morgan fingerprint density at radius 3 is 2.36 bits per heavy atom. The molecule has 0 saturated carbocycles. The molecule has 1 aliphatic heterocycles. The van der Waals surface area contributed by atoms with Gasteiger partial charge in [0.2, 0.25) is 11.8 Å². The summed E-state index contributed by atoms with van der Waals surface area (Å²) in [5.74, 6) is -4.44. The Bertz CT molecular complexity index is 913. The molecular weight excluding hydrogens is 393 g/mol. The molecular formula is C20H18ClF3N2O2. The number of hydrogen-bond acceptors (Lipinski definition) is 2. The molecule has 148 valence electrons. The van der Waals surface area contributed by atoms with Gasteiger partial charge in [-0.1, -0.05) is 35.9 Å². The first-order valence-electron chi connectivity index (χ1n) is 8.61. The van der Waals surface area contributed by atoms with Crippen molar-refractivity contribution in [2.45, 2.75) is 32.4 Å². The Hall–Kier alpha value is -2.54. The number of nitrogens with zero attached hydrogens (tertiary/aromatic N) is 2. The summed E-state index contributed by atoms with van der Waals surface area (Å²) in [7, 11) is 0. The number of piperazine rings is 1. The van der Waals surface area contributed by atoms with E-state index in [2.05, 4.69) is 0 Å². The van der Waals surface area contributed by atoms with Crippen molar-refractivity contribution in [3.8, 4) is 0 Å². The third kappa shape index (κ3) is 3.99. The monoisotopic (exact) mass is 410 g/mol. The number of anilines is 1. The van der Waals surface area contributed by atoms with Crippen molar-refractivity contribution < 1.29 is 22.8 Å². The quantitative estimate of drug-likeness (QED) is 0.751. The fraction of sp³-hybridized carbons (Fsp3) is 0.300. The van der Waals surface area contributed by atoms with E-state index in [1.54, 1.807) is 6.92 Å². The van der Waals surface area contributed by atoms with Crippen LogP contribution in [0.25, 0.3) is 0 Å². The SMILES string of the molecule is C[C@H]1C(=O)N(c2ccc(Cl)cc2F)CC(=O)N1Cc1ccc(C(C)(F)F)cc1. The highest BCUT2D eigenvalue weighted by Crippen LogP contribution is 2.29. The van der Waals surface area contributed by atoms with Crippen LogP contribution >= 0.6 is 11.6 Å². The highest BCUT2D eigenvalue weighted by molar-refractivity contribution is 6.30. The average Bonchev–Trinajstić information content (AvgIpc) is 2.62. The topological polar surface area (TPSA) is 40.6 Å². The first-order valence-corrected chi connectivity index (χ1v) is 8.99. The summed E-state index contributed by atoms with van der Waals surface area (Å²) in [5.41, 5.74) is 0.477. The van der Waals surface area contributed by atoms with Crippen LogP contribution < -0.4 is 4.90 Å². The summed E-state index contributed by atoms with van der Waals surface area (Å²) in [6, 6.07) is 8.65. The Labute approximate surface area is 165 Å². The van der Waals surface area contributed by atoms with Gasteiger partial charge >= 0.3 is 0 Å². The molecule has 1 saturated heterocycles. The van der Waals surface area contributed by atoms with E-state index in [1.807, 2.05) is 0 Å². The summed E-state index contributed by atoms with van der Waals surface area (Å²) in [5, 5.41) is 0.188. The zero-order valence-electron chi connectivity index (χ0n) is 15.3. The summed E-state index contributed by atoms with van der Waals surface area (Å²) >= 11 is 5.74. The van der Waals surface area contributed by atoms with Gasteiger partial charge in [-0.05, 0) is 30.7 Å². The van der Waals surface area contributed by atoms with Crippen molar-refractivity contribution in [1.82, 2.24) is 4.90 Å². The van der Waals surface area contributed by atoms with Crippen LogP contribution in [0.2, 0.25) is 5.02 Å². The number of halogens is 4. The average molecular weight is 411 g/mol. The van der Waals surface area contributed by atoms with E-state index in [9.17, 15) is 22.8 Å². The lowest BCUT2D eigenvalue weighted by atomic mass is 10.1. The van der Waals surface area contributed by atoms with E-state index < -0.39 is 23.7 Å². The van der Waals surface area contributed by atoms with Crippen LogP contribution in [0.1, 0.15) is 25.0 Å². The standard InChI is InChI=1S/C20H18ClF3N2O2/c1-12-19(28)26(17-8-7-15(21)9-16(17)22)11-18(27)25(12)10-13-3-5-14(6-4-13)20(2,23)24/h3-9,12H,10-11H2,1-2H3/t12-/m0/s1. The molecule has 0 bridgehead atoms. The van der Waals surface area contributed by atoms with Crippen molar-refractivity contribution in [3.63, 3.8) is 0 Å². The molecule has 2 amide bonds. The predicted molar refractivity (Wildman–Crippen MR) is 99.8 cm³/mol. The van der Waals surface area contributed by atoms with Gasteiger partial charge in [-0.25, -0.2) is 13.2 Å². The largest absolute Gasteiger partial charge is 0.325 e. The van der Waals surface area contributed by atoms with Crippen molar-refractivity contribution in [2.75, 3.05) is 11.4 Å². The van der Waals surface area contributed by atoms with Gasteiger partial charge in [0.25, 0.3) is 5.92 Å². The predicted octanol–water partition coefficient (Wildman–Crippen LogP) is 4.35. The zero-order valence-corrected chi connectivity index (χ0v) is 16.0. The van der Waals surface area contributed by atoms with E-state index in [4.69, 9.17) is 11.6 Å². The molecule has 2 aromatic rings. The molecule has 0 spiro atoms.